The molecule has 1 saturated heterocycles. The summed E-state index contributed by atoms with van der Waals surface area (Å²) in [6.45, 7) is 0.297. The molecule has 0 N–H and O–H groups in total. The van der Waals surface area contributed by atoms with Gasteiger partial charge in [-0.3, -0.25) is 14.5 Å². The smallest absolute Gasteiger partial charge is 0.264 e. The van der Waals surface area contributed by atoms with Crippen LogP contribution in [0.25, 0.3) is 0 Å². The van der Waals surface area contributed by atoms with Crippen LogP contribution in [0.2, 0.25) is 5.02 Å². The van der Waals surface area contributed by atoms with Gasteiger partial charge in [0.15, 0.2) is 0 Å². The summed E-state index contributed by atoms with van der Waals surface area (Å²) in [6, 6.07) is 9.53. The van der Waals surface area contributed by atoms with Crippen molar-refractivity contribution in [2.24, 2.45) is 0 Å². The molecule has 0 unspecified atom stereocenters. The van der Waals surface area contributed by atoms with Crippen LogP contribution < -0.4 is 4.90 Å². The van der Waals surface area contributed by atoms with Gasteiger partial charge in [0.1, 0.15) is 18.3 Å². The van der Waals surface area contributed by atoms with Crippen LogP contribution in [0, 0.1) is 11.6 Å². The van der Waals surface area contributed by atoms with Crippen LogP contribution in [0.5, 0.6) is 0 Å². The van der Waals surface area contributed by atoms with Gasteiger partial charge >= 0.3 is 0 Å². The third kappa shape index (κ3) is 3.49. The molecule has 2 aromatic rings. The molecule has 1 aliphatic heterocycles. The average molecular weight is 365 g/mol. The minimum atomic E-state index is -0.799. The van der Waals surface area contributed by atoms with Gasteiger partial charge in [-0.05, 0) is 30.7 Å². The highest BCUT2D eigenvalue weighted by atomic mass is 35.5. The number of para-hydroxylation sites is 1. The third-order valence-electron chi connectivity index (χ3n) is 4.05. The van der Waals surface area contributed by atoms with Crippen molar-refractivity contribution < 1.29 is 18.4 Å². The van der Waals surface area contributed by atoms with Crippen LogP contribution in [0.3, 0.4) is 0 Å². The second-order valence-electron chi connectivity index (χ2n) is 5.68. The van der Waals surface area contributed by atoms with Crippen LogP contribution in [-0.4, -0.2) is 29.9 Å². The van der Waals surface area contributed by atoms with Gasteiger partial charge in [-0.1, -0.05) is 29.8 Å². The number of anilines is 1. The molecule has 0 radical (unpaired) electrons. The fraction of sp³-hybridized carbons (Fsp3) is 0.222. The van der Waals surface area contributed by atoms with Crippen LogP contribution in [0.1, 0.15) is 23.2 Å². The fourth-order valence-corrected chi connectivity index (χ4v) is 3.03. The Hall–Kier alpha value is -2.47. The maximum Gasteiger partial charge on any atom is 0.264 e. The van der Waals surface area contributed by atoms with Crippen molar-refractivity contribution in [1.29, 1.82) is 0 Å². The number of amides is 2. The molecule has 0 atom stereocenters. The molecule has 4 nitrogen and oxygen atoms in total. The van der Waals surface area contributed by atoms with Crippen LogP contribution in [0.15, 0.2) is 42.5 Å². The summed E-state index contributed by atoms with van der Waals surface area (Å²) in [5.41, 5.74) is -0.384. The van der Waals surface area contributed by atoms with Crippen molar-refractivity contribution >= 4 is 29.1 Å². The Bertz CT molecular complexity index is 808. The third-order valence-corrected chi connectivity index (χ3v) is 4.36. The molecule has 2 amide bonds. The van der Waals surface area contributed by atoms with Crippen LogP contribution >= 0.6 is 11.6 Å². The summed E-state index contributed by atoms with van der Waals surface area (Å²) in [6.07, 6.45) is 1.04. The van der Waals surface area contributed by atoms with E-state index in [1.54, 1.807) is 6.07 Å². The molecule has 130 valence electrons. The first-order valence-electron chi connectivity index (χ1n) is 7.77. The van der Waals surface area contributed by atoms with E-state index in [1.807, 2.05) is 0 Å². The predicted molar refractivity (Wildman–Crippen MR) is 90.4 cm³/mol. The van der Waals surface area contributed by atoms with Gasteiger partial charge in [-0.2, -0.15) is 0 Å². The number of halogens is 3. The second-order valence-corrected chi connectivity index (χ2v) is 6.09. The average Bonchev–Trinajstić information content (AvgIpc) is 2.98. The van der Waals surface area contributed by atoms with Gasteiger partial charge in [0.2, 0.25) is 5.91 Å². The molecule has 0 spiro atoms. The summed E-state index contributed by atoms with van der Waals surface area (Å²) in [7, 11) is 0. The van der Waals surface area contributed by atoms with Gasteiger partial charge in [0.25, 0.3) is 5.91 Å². The Morgan fingerprint density at radius 1 is 1.12 bits per heavy atom. The van der Waals surface area contributed by atoms with Crippen molar-refractivity contribution in [3.05, 3.63) is 64.7 Å². The molecule has 0 saturated carbocycles. The van der Waals surface area contributed by atoms with Crippen molar-refractivity contribution in [3.63, 3.8) is 0 Å². The molecule has 7 heteroatoms. The van der Waals surface area contributed by atoms with E-state index in [0.717, 1.165) is 11.0 Å². The molecule has 1 aliphatic rings. The van der Waals surface area contributed by atoms with E-state index in [-0.39, 0.29) is 28.8 Å². The number of likely N-dealkylation sites (tertiary alicyclic amines) is 1. The Morgan fingerprint density at radius 2 is 1.84 bits per heavy atom. The summed E-state index contributed by atoms with van der Waals surface area (Å²) in [5, 5.41) is -0.0703. The number of carbonyl (C=O) groups is 2. The monoisotopic (exact) mass is 364 g/mol. The summed E-state index contributed by atoms with van der Waals surface area (Å²) in [4.78, 5) is 27.3. The molecular formula is C18H15ClF2N2O2. The van der Waals surface area contributed by atoms with Gasteiger partial charge in [0.05, 0.1) is 16.3 Å². The molecule has 1 fully saturated rings. The van der Waals surface area contributed by atoms with Crippen molar-refractivity contribution in [2.75, 3.05) is 18.1 Å². The first-order chi connectivity index (χ1) is 12.0. The zero-order valence-electron chi connectivity index (χ0n) is 13.2. The number of benzene rings is 2. The minimum Gasteiger partial charge on any atom is -0.324 e. The Kier molecular flexibility index (Phi) is 4.99. The maximum atomic E-state index is 14.3. The molecule has 3 rings (SSSR count). The number of hydrogen-bond acceptors (Lipinski definition) is 2. The van der Waals surface area contributed by atoms with E-state index in [4.69, 9.17) is 11.6 Å². The Morgan fingerprint density at radius 3 is 2.48 bits per heavy atom. The lowest BCUT2D eigenvalue weighted by atomic mass is 10.1. The number of hydrogen-bond donors (Lipinski definition) is 0. The van der Waals surface area contributed by atoms with E-state index in [1.165, 1.54) is 35.2 Å². The van der Waals surface area contributed by atoms with Crippen molar-refractivity contribution in [3.8, 4) is 0 Å². The van der Waals surface area contributed by atoms with Gasteiger partial charge in [-0.25, -0.2) is 8.78 Å². The summed E-state index contributed by atoms with van der Waals surface area (Å²) in [5.74, 6) is -2.37. The number of nitrogens with zero attached hydrogens (tertiary/aromatic N) is 2. The van der Waals surface area contributed by atoms with E-state index >= 15 is 0 Å². The first kappa shape index (κ1) is 17.4. The zero-order valence-corrected chi connectivity index (χ0v) is 14.0. The summed E-state index contributed by atoms with van der Waals surface area (Å²) < 4.78 is 28.4. The lowest BCUT2D eigenvalue weighted by Gasteiger charge is -2.28. The fourth-order valence-electron chi connectivity index (χ4n) is 2.78. The molecule has 0 aromatic heterocycles. The van der Waals surface area contributed by atoms with E-state index in [9.17, 15) is 18.4 Å². The predicted octanol–water partition coefficient (Wildman–Crippen LogP) is 3.84. The normalized spacial score (nSPS) is 14.0. The van der Waals surface area contributed by atoms with E-state index in [0.29, 0.717) is 19.4 Å². The molecular weight excluding hydrogens is 350 g/mol. The highest BCUT2D eigenvalue weighted by Crippen LogP contribution is 2.27. The highest BCUT2D eigenvalue weighted by molar-refractivity contribution is 6.34. The molecule has 0 bridgehead atoms. The quantitative estimate of drug-likeness (QED) is 0.827. The molecule has 0 aliphatic carbocycles. The van der Waals surface area contributed by atoms with Crippen molar-refractivity contribution in [1.82, 2.24) is 4.90 Å². The molecule has 2 aromatic carbocycles. The SMILES string of the molecule is O=C1CCCN1CN(C(=O)c1c(F)cccc1Cl)c1ccccc1F. The van der Waals surface area contributed by atoms with Gasteiger partial charge in [0, 0.05) is 13.0 Å². The van der Waals surface area contributed by atoms with Gasteiger partial charge in [-0.15, -0.1) is 0 Å². The minimum absolute atomic E-state index is 0.0356. The Balaban J connectivity index is 2.03. The van der Waals surface area contributed by atoms with Crippen LogP contribution in [0.4, 0.5) is 14.5 Å². The lowest BCUT2D eigenvalue weighted by molar-refractivity contribution is -0.127. The topological polar surface area (TPSA) is 40.6 Å². The maximum absolute atomic E-state index is 14.3. The number of carbonyl (C=O) groups excluding carboxylic acids is 2. The lowest BCUT2D eigenvalue weighted by Crippen LogP contribution is -2.43. The van der Waals surface area contributed by atoms with E-state index in [2.05, 4.69) is 0 Å². The number of rotatable bonds is 4. The van der Waals surface area contributed by atoms with Gasteiger partial charge < -0.3 is 4.90 Å². The summed E-state index contributed by atoms with van der Waals surface area (Å²) >= 11 is 5.98. The standard InChI is InChI=1S/C18H15ClF2N2O2/c19-12-5-3-7-14(21)17(12)18(25)23(11-22-10-4-9-16(22)24)15-8-2-1-6-13(15)20/h1-3,5-8H,4,9-11H2. The van der Waals surface area contributed by atoms with Crippen LogP contribution in [-0.2, 0) is 4.79 Å². The highest BCUT2D eigenvalue weighted by Gasteiger charge is 2.30. The second kappa shape index (κ2) is 7.19. The molecule has 25 heavy (non-hydrogen) atoms. The zero-order chi connectivity index (χ0) is 18.0. The largest absolute Gasteiger partial charge is 0.324 e. The van der Waals surface area contributed by atoms with Crippen molar-refractivity contribution in [2.45, 2.75) is 12.8 Å². The Labute approximate surface area is 148 Å². The molecule has 1 heterocycles. The first-order valence-corrected chi connectivity index (χ1v) is 8.15. The van der Waals surface area contributed by atoms with E-state index < -0.39 is 17.5 Å².